The molecule has 0 fully saturated rings. The smallest absolute Gasteiger partial charge is 0.274 e. The number of carbonyl (C=O) groups excluding carboxylic acids is 2. The van der Waals surface area contributed by atoms with E-state index in [0.717, 1.165) is 25.5 Å². The van der Waals surface area contributed by atoms with Gasteiger partial charge in [-0.25, -0.2) is 4.98 Å². The number of anilines is 1. The molecular weight excluding hydrogens is 258 g/mol. The molecule has 7 nitrogen and oxygen atoms in total. The van der Waals surface area contributed by atoms with Crippen molar-refractivity contribution in [2.45, 2.75) is 32.9 Å². The lowest BCUT2D eigenvalue weighted by molar-refractivity contribution is -0.122. The van der Waals surface area contributed by atoms with Crippen molar-refractivity contribution in [3.05, 3.63) is 11.9 Å². The van der Waals surface area contributed by atoms with Gasteiger partial charge in [0.2, 0.25) is 11.9 Å². The van der Waals surface area contributed by atoms with E-state index in [1.807, 2.05) is 18.4 Å². The van der Waals surface area contributed by atoms with Crippen LogP contribution in [0.3, 0.4) is 0 Å². The normalized spacial score (nSPS) is 13.6. The molecule has 0 aliphatic carbocycles. The molecular formula is C13H21N5O2. The van der Waals surface area contributed by atoms with Crippen molar-refractivity contribution in [3.8, 4) is 0 Å². The molecule has 1 aliphatic rings. The van der Waals surface area contributed by atoms with Gasteiger partial charge in [-0.2, -0.15) is 0 Å². The molecule has 1 aromatic rings. The lowest BCUT2D eigenvalue weighted by atomic mass is 10.3. The molecule has 0 saturated carbocycles. The number of aryl methyl sites for hydroxylation is 1. The Hall–Kier alpha value is -2.05. The molecule has 7 heteroatoms. The molecule has 0 atom stereocenters. The zero-order valence-electron chi connectivity index (χ0n) is 12.1. The first-order chi connectivity index (χ1) is 9.47. The van der Waals surface area contributed by atoms with Crippen molar-refractivity contribution >= 4 is 17.8 Å². The van der Waals surface area contributed by atoms with Gasteiger partial charge in [0.1, 0.15) is 5.69 Å². The number of nitrogens with one attached hydrogen (secondary N) is 2. The Morgan fingerprint density at radius 3 is 2.95 bits per heavy atom. The number of carbonyl (C=O) groups is 2. The van der Waals surface area contributed by atoms with E-state index < -0.39 is 0 Å². The number of aromatic nitrogens is 2. The van der Waals surface area contributed by atoms with Crippen LogP contribution in [0.15, 0.2) is 6.20 Å². The fourth-order valence-corrected chi connectivity index (χ4v) is 2.13. The molecule has 2 rings (SSSR count). The van der Waals surface area contributed by atoms with E-state index in [0.29, 0.717) is 5.69 Å². The maximum atomic E-state index is 12.2. The van der Waals surface area contributed by atoms with E-state index in [1.54, 1.807) is 13.2 Å². The molecule has 2 N–H and O–H groups in total. The van der Waals surface area contributed by atoms with Crippen LogP contribution in [0.4, 0.5) is 5.95 Å². The van der Waals surface area contributed by atoms with Crippen LogP contribution in [0, 0.1) is 0 Å². The second-order valence-electron chi connectivity index (χ2n) is 5.31. The Bertz CT molecular complexity index is 485. The number of amides is 2. The van der Waals surface area contributed by atoms with E-state index in [1.165, 1.54) is 4.90 Å². The van der Waals surface area contributed by atoms with Crippen LogP contribution >= 0.6 is 0 Å². The van der Waals surface area contributed by atoms with Gasteiger partial charge in [0.15, 0.2) is 0 Å². The SMILES string of the molecule is CC(C)NC(=O)CN(C)C(=O)c1cn2c(n1)NCCC2. The van der Waals surface area contributed by atoms with E-state index >= 15 is 0 Å². The Kier molecular flexibility index (Phi) is 4.26. The predicted molar refractivity (Wildman–Crippen MR) is 75.6 cm³/mol. The van der Waals surface area contributed by atoms with Crippen LogP contribution in [0.2, 0.25) is 0 Å². The second-order valence-corrected chi connectivity index (χ2v) is 5.31. The van der Waals surface area contributed by atoms with Crippen molar-refractivity contribution < 1.29 is 9.59 Å². The van der Waals surface area contributed by atoms with Gasteiger partial charge in [0.05, 0.1) is 6.54 Å². The quantitative estimate of drug-likeness (QED) is 0.830. The first-order valence-electron chi connectivity index (χ1n) is 6.83. The Labute approximate surface area is 118 Å². The topological polar surface area (TPSA) is 79.3 Å². The molecule has 110 valence electrons. The molecule has 2 amide bonds. The number of fused-ring (bicyclic) bond motifs is 1. The summed E-state index contributed by atoms with van der Waals surface area (Å²) in [5.41, 5.74) is 0.370. The van der Waals surface area contributed by atoms with Crippen molar-refractivity contribution in [2.24, 2.45) is 0 Å². The molecule has 1 aliphatic heterocycles. The van der Waals surface area contributed by atoms with Crippen LogP contribution in [-0.2, 0) is 11.3 Å². The van der Waals surface area contributed by atoms with Crippen LogP contribution in [0.1, 0.15) is 30.8 Å². The average Bonchev–Trinajstić information content (AvgIpc) is 2.80. The zero-order valence-corrected chi connectivity index (χ0v) is 12.1. The lowest BCUT2D eigenvalue weighted by Crippen LogP contribution is -2.40. The second kappa shape index (κ2) is 5.94. The molecule has 0 spiro atoms. The van der Waals surface area contributed by atoms with E-state index in [-0.39, 0.29) is 24.4 Å². The zero-order chi connectivity index (χ0) is 14.7. The highest BCUT2D eigenvalue weighted by molar-refractivity contribution is 5.95. The summed E-state index contributed by atoms with van der Waals surface area (Å²) in [6, 6.07) is 0.0649. The summed E-state index contributed by atoms with van der Waals surface area (Å²) in [6.07, 6.45) is 2.75. The highest BCUT2D eigenvalue weighted by atomic mass is 16.2. The molecule has 0 unspecified atom stereocenters. The van der Waals surface area contributed by atoms with Gasteiger partial charge in [-0.05, 0) is 20.3 Å². The third-order valence-electron chi connectivity index (χ3n) is 3.03. The van der Waals surface area contributed by atoms with Crippen molar-refractivity contribution in [2.75, 3.05) is 25.5 Å². The van der Waals surface area contributed by atoms with Crippen LogP contribution in [0.25, 0.3) is 0 Å². The van der Waals surface area contributed by atoms with Crippen LogP contribution < -0.4 is 10.6 Å². The van der Waals surface area contributed by atoms with E-state index in [9.17, 15) is 9.59 Å². The van der Waals surface area contributed by atoms with Gasteiger partial charge >= 0.3 is 0 Å². The summed E-state index contributed by atoms with van der Waals surface area (Å²) < 4.78 is 1.93. The van der Waals surface area contributed by atoms with E-state index in [4.69, 9.17) is 0 Å². The largest absolute Gasteiger partial charge is 0.356 e. The Balaban J connectivity index is 1.99. The number of hydrogen-bond acceptors (Lipinski definition) is 4. The number of likely N-dealkylation sites (N-methyl/N-ethyl adjacent to an activating group) is 1. The van der Waals surface area contributed by atoms with Gasteiger partial charge in [-0.3, -0.25) is 9.59 Å². The van der Waals surface area contributed by atoms with Gasteiger partial charge in [-0.1, -0.05) is 0 Å². The molecule has 1 aromatic heterocycles. The van der Waals surface area contributed by atoms with Gasteiger partial charge in [0, 0.05) is 32.4 Å². The molecule has 0 radical (unpaired) electrons. The maximum Gasteiger partial charge on any atom is 0.274 e. The van der Waals surface area contributed by atoms with Gasteiger partial charge in [0.25, 0.3) is 5.91 Å². The molecule has 0 aromatic carbocycles. The van der Waals surface area contributed by atoms with Gasteiger partial charge < -0.3 is 20.1 Å². The summed E-state index contributed by atoms with van der Waals surface area (Å²) in [4.78, 5) is 29.5. The number of rotatable bonds is 4. The minimum absolute atomic E-state index is 0.0344. The van der Waals surface area contributed by atoms with Crippen molar-refractivity contribution in [3.63, 3.8) is 0 Å². The average molecular weight is 279 g/mol. The number of nitrogens with zero attached hydrogens (tertiary/aromatic N) is 3. The minimum Gasteiger partial charge on any atom is -0.356 e. The summed E-state index contributed by atoms with van der Waals surface area (Å²) in [5, 5.41) is 5.90. The summed E-state index contributed by atoms with van der Waals surface area (Å²) >= 11 is 0. The third kappa shape index (κ3) is 3.28. The summed E-state index contributed by atoms with van der Waals surface area (Å²) in [6.45, 7) is 5.54. The Morgan fingerprint density at radius 2 is 2.30 bits per heavy atom. The number of hydrogen-bond donors (Lipinski definition) is 2. The molecule has 0 saturated heterocycles. The predicted octanol–water partition coefficient (Wildman–Crippen LogP) is 0.295. The highest BCUT2D eigenvalue weighted by Crippen LogP contribution is 2.14. The van der Waals surface area contributed by atoms with E-state index in [2.05, 4.69) is 15.6 Å². The highest BCUT2D eigenvalue weighted by Gasteiger charge is 2.20. The monoisotopic (exact) mass is 279 g/mol. The summed E-state index contributed by atoms with van der Waals surface area (Å²) in [7, 11) is 1.61. The number of imidazole rings is 1. The van der Waals surface area contributed by atoms with Crippen LogP contribution in [-0.4, -0.2) is 52.4 Å². The maximum absolute atomic E-state index is 12.2. The molecule has 2 heterocycles. The lowest BCUT2D eigenvalue weighted by Gasteiger charge is -2.16. The molecule has 0 bridgehead atoms. The first kappa shape index (κ1) is 14.4. The summed E-state index contributed by atoms with van der Waals surface area (Å²) in [5.74, 6) is 0.310. The minimum atomic E-state index is -0.243. The standard InChI is InChI=1S/C13H21N5O2/c1-9(2)15-11(19)8-17(3)12(20)10-7-18-6-4-5-14-13(18)16-10/h7,9H,4-6,8H2,1-3H3,(H,14,16)(H,15,19). The van der Waals surface area contributed by atoms with Crippen LogP contribution in [0.5, 0.6) is 0 Å². The van der Waals surface area contributed by atoms with Crippen molar-refractivity contribution in [1.29, 1.82) is 0 Å². The van der Waals surface area contributed by atoms with Gasteiger partial charge in [-0.15, -0.1) is 0 Å². The molecule has 20 heavy (non-hydrogen) atoms. The first-order valence-corrected chi connectivity index (χ1v) is 6.83. The van der Waals surface area contributed by atoms with Crippen molar-refractivity contribution in [1.82, 2.24) is 19.8 Å². The fraction of sp³-hybridized carbons (Fsp3) is 0.615. The fourth-order valence-electron chi connectivity index (χ4n) is 2.13. The third-order valence-corrected chi connectivity index (χ3v) is 3.03. The Morgan fingerprint density at radius 1 is 1.55 bits per heavy atom.